The summed E-state index contributed by atoms with van der Waals surface area (Å²) in [6, 6.07) is 14.1. The second-order valence-electron chi connectivity index (χ2n) is 12.4. The quantitative estimate of drug-likeness (QED) is 0.536. The average molecular weight is 553 g/mol. The number of aromatic amines is 1. The van der Waals surface area contributed by atoms with Crippen LogP contribution in [0.1, 0.15) is 61.3 Å². The number of ether oxygens (including phenoxy) is 2. The van der Waals surface area contributed by atoms with Crippen molar-refractivity contribution in [1.29, 1.82) is 0 Å². The molecular formula is C33H36N4O4. The van der Waals surface area contributed by atoms with Crippen LogP contribution < -0.4 is 9.47 Å². The van der Waals surface area contributed by atoms with E-state index in [4.69, 9.17) is 9.47 Å². The molecule has 5 aliphatic rings. The number of rotatable bonds is 3. The van der Waals surface area contributed by atoms with Crippen molar-refractivity contribution in [3.8, 4) is 11.5 Å². The number of amides is 2. The van der Waals surface area contributed by atoms with Crippen molar-refractivity contribution in [2.24, 2.45) is 5.92 Å². The number of nitrogens with one attached hydrogen (secondary N) is 1. The van der Waals surface area contributed by atoms with Gasteiger partial charge in [-0.15, -0.1) is 0 Å². The number of carbonyl (C=O) groups excluding carboxylic acids is 2. The third-order valence-corrected chi connectivity index (χ3v) is 10.8. The highest BCUT2D eigenvalue weighted by Crippen LogP contribution is 2.67. The highest BCUT2D eigenvalue weighted by Gasteiger charge is 2.65. The standard InChI is InChI=1S/C33H36N4O4/c1-19-22-18-23-24-17-21-9-10-25(40-3)29-26(21)33(23,11-12-35(24)2)30(41-29)28(22)34-27(19)32(39)37-15-13-36(14-16-37)31(38)20-7-5-4-6-8-20/h4-10,23-24,30,34H,11-18H2,1-3H3/t23?,24-,30-,33-/m0/s1. The molecule has 41 heavy (non-hydrogen) atoms. The molecule has 2 fully saturated rings. The first-order chi connectivity index (χ1) is 19.9. The zero-order valence-electron chi connectivity index (χ0n) is 23.9. The number of likely N-dealkylation sites (N-methyl/N-ethyl adjacent to an activating group) is 1. The number of methoxy groups -OCH3 is 1. The van der Waals surface area contributed by atoms with Crippen LogP contribution in [0, 0.1) is 12.8 Å². The molecule has 8 heteroatoms. The molecule has 2 aromatic carbocycles. The number of hydrogen-bond donors (Lipinski definition) is 1. The summed E-state index contributed by atoms with van der Waals surface area (Å²) in [6.45, 7) is 5.22. The average Bonchev–Trinajstić information content (AvgIpc) is 3.53. The van der Waals surface area contributed by atoms with Gasteiger partial charge in [-0.1, -0.05) is 24.3 Å². The summed E-state index contributed by atoms with van der Waals surface area (Å²) in [5.41, 5.74) is 7.32. The van der Waals surface area contributed by atoms with Crippen LogP contribution in [0.5, 0.6) is 11.5 Å². The molecule has 1 unspecified atom stereocenters. The second kappa shape index (κ2) is 8.86. The lowest BCUT2D eigenvalue weighted by molar-refractivity contribution is -0.0256. The van der Waals surface area contributed by atoms with Crippen molar-refractivity contribution in [2.45, 2.75) is 43.7 Å². The van der Waals surface area contributed by atoms with Gasteiger partial charge in [0.25, 0.3) is 11.8 Å². The van der Waals surface area contributed by atoms with Gasteiger partial charge in [-0.25, -0.2) is 0 Å². The van der Waals surface area contributed by atoms with E-state index < -0.39 is 0 Å². The highest BCUT2D eigenvalue weighted by molar-refractivity contribution is 5.96. The molecule has 2 amide bonds. The third kappa shape index (κ3) is 3.31. The number of aromatic nitrogens is 1. The van der Waals surface area contributed by atoms with Crippen LogP contribution in [0.3, 0.4) is 0 Å². The first kappa shape index (κ1) is 25.0. The Morgan fingerprint density at radius 2 is 1.71 bits per heavy atom. The van der Waals surface area contributed by atoms with Crippen LogP contribution in [0.4, 0.5) is 0 Å². The van der Waals surface area contributed by atoms with Crippen molar-refractivity contribution in [3.63, 3.8) is 0 Å². The van der Waals surface area contributed by atoms with Crippen LogP contribution in [0.15, 0.2) is 42.5 Å². The lowest BCUT2D eigenvalue weighted by atomic mass is 9.51. The minimum Gasteiger partial charge on any atom is -0.493 e. The molecule has 4 atom stereocenters. The summed E-state index contributed by atoms with van der Waals surface area (Å²) in [5.74, 6) is 2.15. The number of nitrogens with zero attached hydrogens (tertiary/aromatic N) is 3. The fourth-order valence-electron chi connectivity index (χ4n) is 8.69. The lowest BCUT2D eigenvalue weighted by Crippen LogP contribution is -2.62. The molecule has 8 rings (SSSR count). The van der Waals surface area contributed by atoms with Crippen molar-refractivity contribution >= 4 is 11.8 Å². The number of piperazine rings is 1. The molecule has 3 aliphatic heterocycles. The SMILES string of the molecule is COc1ccc2c3c1O[C@H]1c4[nH]c(C(=O)N5CCN(C(=O)c6ccccc6)CC5)c(C)c4CC4[C@H](C2)N(C)CC[C@@]341. The van der Waals surface area contributed by atoms with E-state index in [2.05, 4.69) is 36.0 Å². The smallest absolute Gasteiger partial charge is 0.270 e. The van der Waals surface area contributed by atoms with Crippen LogP contribution in [-0.2, 0) is 18.3 Å². The van der Waals surface area contributed by atoms with E-state index in [1.807, 2.05) is 40.1 Å². The van der Waals surface area contributed by atoms with Gasteiger partial charge in [0.05, 0.1) is 12.8 Å². The first-order valence-corrected chi connectivity index (χ1v) is 14.8. The third-order valence-electron chi connectivity index (χ3n) is 10.8. The molecule has 2 saturated heterocycles. The van der Waals surface area contributed by atoms with Gasteiger partial charge in [-0.2, -0.15) is 0 Å². The Morgan fingerprint density at radius 1 is 0.976 bits per heavy atom. The highest BCUT2D eigenvalue weighted by atomic mass is 16.5. The van der Waals surface area contributed by atoms with E-state index in [0.717, 1.165) is 48.6 Å². The van der Waals surface area contributed by atoms with E-state index in [9.17, 15) is 9.59 Å². The Bertz CT molecular complexity index is 1570. The molecule has 3 aromatic rings. The molecule has 2 aliphatic carbocycles. The Labute approximate surface area is 240 Å². The Kier molecular flexibility index (Phi) is 5.39. The molecule has 2 bridgehead atoms. The second-order valence-corrected chi connectivity index (χ2v) is 12.4. The number of benzene rings is 2. The normalized spacial score (nSPS) is 27.6. The number of piperidine rings is 1. The van der Waals surface area contributed by atoms with Crippen LogP contribution in [0.25, 0.3) is 0 Å². The Balaban J connectivity index is 1.11. The predicted molar refractivity (Wildman–Crippen MR) is 154 cm³/mol. The van der Waals surface area contributed by atoms with Crippen molar-refractivity contribution in [2.75, 3.05) is 46.9 Å². The van der Waals surface area contributed by atoms with Crippen LogP contribution in [0.2, 0.25) is 0 Å². The zero-order chi connectivity index (χ0) is 28.0. The molecule has 1 aromatic heterocycles. The van der Waals surface area contributed by atoms with E-state index >= 15 is 0 Å². The maximum atomic E-state index is 14.0. The summed E-state index contributed by atoms with van der Waals surface area (Å²) < 4.78 is 12.7. The lowest BCUT2D eigenvalue weighted by Gasteiger charge is -2.57. The molecule has 212 valence electrons. The Hall–Kier alpha value is -3.78. The predicted octanol–water partition coefficient (Wildman–Crippen LogP) is 3.73. The minimum absolute atomic E-state index is 0.0121. The molecule has 8 nitrogen and oxygen atoms in total. The van der Waals surface area contributed by atoms with E-state index in [1.54, 1.807) is 7.11 Å². The maximum absolute atomic E-state index is 14.0. The van der Waals surface area contributed by atoms with Gasteiger partial charge in [-0.05, 0) is 80.6 Å². The van der Waals surface area contributed by atoms with Crippen LogP contribution in [-0.4, -0.2) is 84.4 Å². The number of hydrogen-bond acceptors (Lipinski definition) is 5. The molecule has 1 N–H and O–H groups in total. The minimum atomic E-state index is -0.154. The van der Waals surface area contributed by atoms with Gasteiger partial charge in [0.1, 0.15) is 11.8 Å². The monoisotopic (exact) mass is 552 g/mol. The molecule has 0 saturated carbocycles. The maximum Gasteiger partial charge on any atom is 0.270 e. The molecule has 0 radical (unpaired) electrons. The largest absolute Gasteiger partial charge is 0.493 e. The fraction of sp³-hybridized carbons (Fsp3) is 0.455. The van der Waals surface area contributed by atoms with Gasteiger partial charge in [0.2, 0.25) is 0 Å². The van der Waals surface area contributed by atoms with Crippen molar-refractivity contribution in [3.05, 3.63) is 81.7 Å². The van der Waals surface area contributed by atoms with Crippen molar-refractivity contribution in [1.82, 2.24) is 19.7 Å². The number of fused-ring (bicyclic) bond motifs is 2. The molecular weight excluding hydrogens is 516 g/mol. The van der Waals surface area contributed by atoms with Gasteiger partial charge in [-0.3, -0.25) is 9.59 Å². The van der Waals surface area contributed by atoms with Gasteiger partial charge >= 0.3 is 0 Å². The van der Waals surface area contributed by atoms with Crippen molar-refractivity contribution < 1.29 is 19.1 Å². The zero-order valence-corrected chi connectivity index (χ0v) is 23.9. The van der Waals surface area contributed by atoms with Gasteiger partial charge in [0.15, 0.2) is 11.5 Å². The molecule has 4 heterocycles. The summed E-state index contributed by atoms with van der Waals surface area (Å²) in [7, 11) is 3.97. The van der Waals surface area contributed by atoms with Gasteiger partial charge < -0.3 is 29.2 Å². The Morgan fingerprint density at radius 3 is 2.44 bits per heavy atom. The fourth-order valence-corrected chi connectivity index (χ4v) is 8.69. The summed E-state index contributed by atoms with van der Waals surface area (Å²) >= 11 is 0. The van der Waals surface area contributed by atoms with Crippen LogP contribution >= 0.6 is 0 Å². The summed E-state index contributed by atoms with van der Waals surface area (Å²) in [5, 5.41) is 0. The number of likely N-dealkylation sites (tertiary alicyclic amines) is 1. The van der Waals surface area contributed by atoms with E-state index in [-0.39, 0.29) is 23.3 Å². The van der Waals surface area contributed by atoms with E-state index in [0.29, 0.717) is 49.4 Å². The summed E-state index contributed by atoms with van der Waals surface area (Å²) in [6.07, 6.45) is 2.83. The first-order valence-electron chi connectivity index (χ1n) is 14.8. The topological polar surface area (TPSA) is 78.1 Å². The molecule has 1 spiro atoms. The van der Waals surface area contributed by atoms with Gasteiger partial charge in [0, 0.05) is 48.8 Å². The van der Waals surface area contributed by atoms with E-state index in [1.165, 1.54) is 16.7 Å². The summed E-state index contributed by atoms with van der Waals surface area (Å²) in [4.78, 5) is 36.8. The number of carbonyl (C=O) groups is 2. The number of H-pyrrole nitrogens is 1.